The number of nitrogens with zero attached hydrogens (tertiary/aromatic N) is 1. The van der Waals surface area contributed by atoms with Crippen molar-refractivity contribution in [2.45, 2.75) is 39.5 Å². The Balaban J connectivity index is 2.46. The third-order valence-corrected chi connectivity index (χ3v) is 3.12. The molecule has 0 heterocycles. The first-order chi connectivity index (χ1) is 10.3. The fourth-order valence-corrected chi connectivity index (χ4v) is 1.99. The number of ether oxygens (including phenoxy) is 1. The van der Waals surface area contributed by atoms with Crippen LogP contribution in [-0.4, -0.2) is 24.5 Å². The maximum absolute atomic E-state index is 5.82. The lowest BCUT2D eigenvalue weighted by Gasteiger charge is -2.09. The van der Waals surface area contributed by atoms with Gasteiger partial charge < -0.3 is 10.1 Å². The van der Waals surface area contributed by atoms with E-state index in [-0.39, 0.29) is 0 Å². The molecule has 0 aromatic heterocycles. The predicted molar refractivity (Wildman–Crippen MR) is 93.1 cm³/mol. The van der Waals surface area contributed by atoms with Crippen molar-refractivity contribution in [1.82, 2.24) is 10.7 Å². The van der Waals surface area contributed by atoms with Gasteiger partial charge in [0.25, 0.3) is 0 Å². The standard InChI is InChI=1S/C16H25N3OS/c1-3-5-6-9-12-20-15-11-8-7-10-14(15)13-18-19-16(21)17-4-2/h7-8,10-11,13H,3-6,9,12H2,1-2H3,(H2,17,19,21)/b18-13+. The van der Waals surface area contributed by atoms with Gasteiger partial charge >= 0.3 is 0 Å². The lowest BCUT2D eigenvalue weighted by Crippen LogP contribution is -2.31. The second-order valence-electron chi connectivity index (χ2n) is 4.68. The second kappa shape index (κ2) is 11.1. The van der Waals surface area contributed by atoms with Crippen LogP contribution in [-0.2, 0) is 0 Å². The van der Waals surface area contributed by atoms with Crippen molar-refractivity contribution in [1.29, 1.82) is 0 Å². The maximum atomic E-state index is 5.82. The largest absolute Gasteiger partial charge is 0.493 e. The molecule has 116 valence electrons. The summed E-state index contributed by atoms with van der Waals surface area (Å²) in [5, 5.41) is 7.62. The van der Waals surface area contributed by atoms with Crippen molar-refractivity contribution in [2.75, 3.05) is 13.2 Å². The van der Waals surface area contributed by atoms with Gasteiger partial charge in [-0.2, -0.15) is 5.10 Å². The minimum Gasteiger partial charge on any atom is -0.493 e. The quantitative estimate of drug-likeness (QED) is 0.317. The first-order valence-electron chi connectivity index (χ1n) is 7.56. The van der Waals surface area contributed by atoms with E-state index in [9.17, 15) is 0 Å². The van der Waals surface area contributed by atoms with E-state index in [0.717, 1.165) is 30.9 Å². The van der Waals surface area contributed by atoms with E-state index in [2.05, 4.69) is 22.8 Å². The summed E-state index contributed by atoms with van der Waals surface area (Å²) in [7, 11) is 0. The molecule has 2 N–H and O–H groups in total. The van der Waals surface area contributed by atoms with Crippen LogP contribution in [0, 0.1) is 0 Å². The van der Waals surface area contributed by atoms with Crippen LogP contribution in [0.3, 0.4) is 0 Å². The van der Waals surface area contributed by atoms with Crippen LogP contribution >= 0.6 is 12.2 Å². The summed E-state index contributed by atoms with van der Waals surface area (Å²) in [6.45, 7) is 5.71. The maximum Gasteiger partial charge on any atom is 0.186 e. The third-order valence-electron chi connectivity index (χ3n) is 2.88. The fraction of sp³-hybridized carbons (Fsp3) is 0.500. The smallest absolute Gasteiger partial charge is 0.186 e. The highest BCUT2D eigenvalue weighted by Crippen LogP contribution is 2.16. The predicted octanol–water partition coefficient (Wildman–Crippen LogP) is 3.46. The first-order valence-corrected chi connectivity index (χ1v) is 7.97. The summed E-state index contributed by atoms with van der Waals surface area (Å²) in [6, 6.07) is 7.87. The zero-order chi connectivity index (χ0) is 15.3. The molecule has 0 radical (unpaired) electrons. The Hall–Kier alpha value is -1.62. The van der Waals surface area contributed by atoms with E-state index in [1.165, 1.54) is 19.3 Å². The summed E-state index contributed by atoms with van der Waals surface area (Å²) in [4.78, 5) is 0. The molecule has 0 bridgehead atoms. The van der Waals surface area contributed by atoms with E-state index in [4.69, 9.17) is 17.0 Å². The summed E-state index contributed by atoms with van der Waals surface area (Å²) in [5.74, 6) is 0.855. The van der Waals surface area contributed by atoms with Crippen LogP contribution in [0.4, 0.5) is 0 Å². The molecule has 0 fully saturated rings. The molecule has 5 heteroatoms. The van der Waals surface area contributed by atoms with Crippen molar-refractivity contribution in [3.63, 3.8) is 0 Å². The molecule has 0 aliphatic carbocycles. The molecule has 0 saturated heterocycles. The number of hydrogen-bond donors (Lipinski definition) is 2. The number of nitrogens with one attached hydrogen (secondary N) is 2. The summed E-state index contributed by atoms with van der Waals surface area (Å²) in [6.07, 6.45) is 6.53. The molecule has 4 nitrogen and oxygen atoms in total. The van der Waals surface area contributed by atoms with E-state index < -0.39 is 0 Å². The van der Waals surface area contributed by atoms with Gasteiger partial charge in [0, 0.05) is 12.1 Å². The number of unbranched alkanes of at least 4 members (excludes halogenated alkanes) is 3. The minimum absolute atomic E-state index is 0.520. The van der Waals surface area contributed by atoms with Crippen LogP contribution in [0.2, 0.25) is 0 Å². The van der Waals surface area contributed by atoms with Crippen molar-refractivity contribution in [3.05, 3.63) is 29.8 Å². The van der Waals surface area contributed by atoms with Gasteiger partial charge in [-0.05, 0) is 37.7 Å². The van der Waals surface area contributed by atoms with Gasteiger partial charge in [0.2, 0.25) is 0 Å². The molecule has 0 unspecified atom stereocenters. The molecular formula is C16H25N3OS. The molecule has 0 saturated carbocycles. The first kappa shape index (κ1) is 17.4. The van der Waals surface area contributed by atoms with Crippen molar-refractivity contribution in [2.24, 2.45) is 5.10 Å². The third kappa shape index (κ3) is 7.66. The minimum atomic E-state index is 0.520. The van der Waals surface area contributed by atoms with Gasteiger partial charge in [-0.25, -0.2) is 0 Å². The molecule has 0 aliphatic rings. The van der Waals surface area contributed by atoms with Gasteiger partial charge in [-0.3, -0.25) is 5.43 Å². The summed E-state index contributed by atoms with van der Waals surface area (Å²) in [5.41, 5.74) is 3.72. The van der Waals surface area contributed by atoms with Crippen LogP contribution in [0.25, 0.3) is 0 Å². The number of thiocarbonyl (C=S) groups is 1. The molecule has 0 amide bonds. The zero-order valence-corrected chi connectivity index (χ0v) is 13.7. The normalized spacial score (nSPS) is 10.6. The molecule has 1 aromatic rings. The van der Waals surface area contributed by atoms with Crippen LogP contribution in [0.15, 0.2) is 29.4 Å². The van der Waals surface area contributed by atoms with E-state index in [0.29, 0.717) is 5.11 Å². The number of benzene rings is 1. The lowest BCUT2D eigenvalue weighted by atomic mass is 10.2. The average molecular weight is 307 g/mol. The fourth-order valence-electron chi connectivity index (χ4n) is 1.79. The van der Waals surface area contributed by atoms with Gasteiger partial charge in [0.1, 0.15) is 5.75 Å². The van der Waals surface area contributed by atoms with Crippen molar-refractivity contribution >= 4 is 23.5 Å². The number of hydrogen-bond acceptors (Lipinski definition) is 3. The Labute approximate surface area is 133 Å². The highest BCUT2D eigenvalue weighted by atomic mass is 32.1. The topological polar surface area (TPSA) is 45.6 Å². The van der Waals surface area contributed by atoms with Crippen molar-refractivity contribution in [3.8, 4) is 5.75 Å². The lowest BCUT2D eigenvalue weighted by molar-refractivity contribution is 0.304. The Bertz CT molecular complexity index is 449. The van der Waals surface area contributed by atoms with Gasteiger partial charge in [-0.15, -0.1) is 0 Å². The molecule has 0 spiro atoms. The van der Waals surface area contributed by atoms with Gasteiger partial charge in [0.05, 0.1) is 12.8 Å². The summed E-state index contributed by atoms with van der Waals surface area (Å²) >= 11 is 5.04. The molecule has 21 heavy (non-hydrogen) atoms. The average Bonchev–Trinajstić information content (AvgIpc) is 2.49. The monoisotopic (exact) mass is 307 g/mol. The van der Waals surface area contributed by atoms with Gasteiger partial charge in [-0.1, -0.05) is 38.3 Å². The Morgan fingerprint density at radius 1 is 1.24 bits per heavy atom. The van der Waals surface area contributed by atoms with Gasteiger partial charge in [0.15, 0.2) is 5.11 Å². The summed E-state index contributed by atoms with van der Waals surface area (Å²) < 4.78 is 5.82. The molecule has 1 rings (SSSR count). The van der Waals surface area contributed by atoms with Crippen molar-refractivity contribution < 1.29 is 4.74 Å². The molecule has 0 aliphatic heterocycles. The number of para-hydroxylation sites is 1. The Morgan fingerprint density at radius 3 is 2.81 bits per heavy atom. The van der Waals surface area contributed by atoms with Crippen LogP contribution in [0.1, 0.15) is 45.1 Å². The Morgan fingerprint density at radius 2 is 2.05 bits per heavy atom. The molecular weight excluding hydrogens is 282 g/mol. The number of rotatable bonds is 9. The Kier molecular flexibility index (Phi) is 9.20. The van der Waals surface area contributed by atoms with Crippen LogP contribution < -0.4 is 15.5 Å². The van der Waals surface area contributed by atoms with E-state index in [1.807, 2.05) is 31.2 Å². The SMILES string of the molecule is CCCCCCOc1ccccc1/C=N/NC(=S)NCC. The molecule has 1 aromatic carbocycles. The van der Waals surface area contributed by atoms with Crippen LogP contribution in [0.5, 0.6) is 5.75 Å². The van der Waals surface area contributed by atoms with E-state index >= 15 is 0 Å². The highest BCUT2D eigenvalue weighted by Gasteiger charge is 2.00. The second-order valence-corrected chi connectivity index (χ2v) is 5.08. The highest BCUT2D eigenvalue weighted by molar-refractivity contribution is 7.80. The molecule has 0 atom stereocenters. The zero-order valence-electron chi connectivity index (χ0n) is 12.9. The number of hydrazone groups is 1. The van der Waals surface area contributed by atoms with E-state index in [1.54, 1.807) is 6.21 Å².